The van der Waals surface area contributed by atoms with E-state index in [2.05, 4.69) is 126 Å². The molecule has 0 aliphatic heterocycles. The third kappa shape index (κ3) is 3.30. The molecule has 6 aromatic carbocycles. The van der Waals surface area contributed by atoms with Crippen LogP contribution in [-0.4, -0.2) is 0 Å². The first kappa shape index (κ1) is 22.1. The molecule has 8 rings (SSSR count). The molecule has 4 heteroatoms. The van der Waals surface area contributed by atoms with Gasteiger partial charge in [0.15, 0.2) is 0 Å². The van der Waals surface area contributed by atoms with Crippen molar-refractivity contribution in [2.24, 2.45) is 0 Å². The highest BCUT2D eigenvalue weighted by Crippen LogP contribution is 2.49. The summed E-state index contributed by atoms with van der Waals surface area (Å²) in [4.78, 5) is 2.32. The summed E-state index contributed by atoms with van der Waals surface area (Å²) in [6, 6.07) is 43.3. The van der Waals surface area contributed by atoms with E-state index in [4.69, 9.17) is 11.6 Å². The van der Waals surface area contributed by atoms with Crippen molar-refractivity contribution in [3.05, 3.63) is 126 Å². The molecule has 0 saturated heterocycles. The second kappa shape index (κ2) is 8.57. The molecule has 0 spiro atoms. The average molecular weight is 542 g/mol. The summed E-state index contributed by atoms with van der Waals surface area (Å²) >= 11 is 10.8. The normalized spacial score (nSPS) is 11.8. The van der Waals surface area contributed by atoms with Crippen LogP contribution < -0.4 is 4.90 Å². The Kier molecular flexibility index (Phi) is 4.99. The van der Waals surface area contributed by atoms with Gasteiger partial charge in [0.2, 0.25) is 0 Å². The minimum Gasteiger partial charge on any atom is -0.308 e. The number of anilines is 3. The maximum absolute atomic E-state index is 7.14. The molecule has 1 nitrogen and oxygen atoms in total. The lowest BCUT2D eigenvalue weighted by Crippen LogP contribution is -2.10. The summed E-state index contributed by atoms with van der Waals surface area (Å²) in [6.45, 7) is 0. The smallest absolute Gasteiger partial charge is 0.0661 e. The Labute approximate surface area is 232 Å². The molecule has 180 valence electrons. The van der Waals surface area contributed by atoms with E-state index in [1.54, 1.807) is 0 Å². The SMILES string of the molecule is Clc1cc2sc3c4ccccc4ccc3c2cc1N(c1ccccc1)c1cccc2c1sc1ccccc12. The zero-order valence-corrected chi connectivity index (χ0v) is 22.6. The fourth-order valence-corrected chi connectivity index (χ4v) is 8.36. The molecule has 38 heavy (non-hydrogen) atoms. The minimum absolute atomic E-state index is 0.746. The molecule has 0 saturated carbocycles. The number of fused-ring (bicyclic) bond motifs is 8. The molecule has 0 aliphatic carbocycles. The van der Waals surface area contributed by atoms with Crippen molar-refractivity contribution in [2.75, 3.05) is 4.90 Å². The number of nitrogens with zero attached hydrogens (tertiary/aromatic N) is 1. The van der Waals surface area contributed by atoms with Crippen LogP contribution in [0.2, 0.25) is 5.02 Å². The van der Waals surface area contributed by atoms with Gasteiger partial charge in [0.05, 0.1) is 21.1 Å². The third-order valence-corrected chi connectivity index (χ3v) is 10.0. The first-order valence-corrected chi connectivity index (χ1v) is 14.6. The molecule has 2 heterocycles. The molecule has 0 bridgehead atoms. The maximum Gasteiger partial charge on any atom is 0.0661 e. The van der Waals surface area contributed by atoms with Crippen LogP contribution in [-0.2, 0) is 0 Å². The quantitative estimate of drug-likeness (QED) is 0.215. The first-order valence-electron chi connectivity index (χ1n) is 12.6. The van der Waals surface area contributed by atoms with Crippen LogP contribution in [0.3, 0.4) is 0 Å². The fourth-order valence-electron chi connectivity index (χ4n) is 5.58. The van der Waals surface area contributed by atoms with E-state index in [1.807, 2.05) is 22.7 Å². The summed E-state index contributed by atoms with van der Waals surface area (Å²) in [5.74, 6) is 0. The Hall–Kier alpha value is -3.89. The van der Waals surface area contributed by atoms with E-state index in [1.165, 1.54) is 51.1 Å². The van der Waals surface area contributed by atoms with Crippen molar-refractivity contribution >= 4 is 102 Å². The molecule has 0 amide bonds. The van der Waals surface area contributed by atoms with Gasteiger partial charge >= 0.3 is 0 Å². The molecule has 0 aliphatic rings. The van der Waals surface area contributed by atoms with Crippen LogP contribution in [0.4, 0.5) is 17.1 Å². The number of benzene rings is 6. The largest absolute Gasteiger partial charge is 0.308 e. The van der Waals surface area contributed by atoms with Crippen LogP contribution in [0.25, 0.3) is 51.1 Å². The van der Waals surface area contributed by atoms with E-state index < -0.39 is 0 Å². The number of para-hydroxylation sites is 1. The van der Waals surface area contributed by atoms with Crippen molar-refractivity contribution in [2.45, 2.75) is 0 Å². The third-order valence-electron chi connectivity index (χ3n) is 7.31. The van der Waals surface area contributed by atoms with E-state index in [0.717, 1.165) is 22.1 Å². The number of thiophene rings is 2. The molecule has 8 aromatic rings. The maximum atomic E-state index is 7.14. The van der Waals surface area contributed by atoms with Crippen LogP contribution >= 0.6 is 34.3 Å². The van der Waals surface area contributed by atoms with Crippen molar-refractivity contribution in [1.29, 1.82) is 0 Å². The molecule has 0 unspecified atom stereocenters. The van der Waals surface area contributed by atoms with Gasteiger partial charge in [0.25, 0.3) is 0 Å². The van der Waals surface area contributed by atoms with Crippen molar-refractivity contribution in [3.8, 4) is 0 Å². The lowest BCUT2D eigenvalue weighted by molar-refractivity contribution is 1.31. The second-order valence-corrected chi connectivity index (χ2v) is 12.0. The molecule has 0 radical (unpaired) electrons. The Morgan fingerprint density at radius 2 is 1.18 bits per heavy atom. The topological polar surface area (TPSA) is 3.24 Å². The highest BCUT2D eigenvalue weighted by atomic mass is 35.5. The Bertz CT molecular complexity index is 2160. The Morgan fingerprint density at radius 3 is 2.08 bits per heavy atom. The molecule has 2 aromatic heterocycles. The molecule has 0 N–H and O–H groups in total. The number of hydrogen-bond donors (Lipinski definition) is 0. The average Bonchev–Trinajstić information content (AvgIpc) is 3.52. The standard InChI is InChI=1S/C34H20ClNS2/c35-28-20-32-27(26-18-17-21-9-4-5-12-23(21)33(26)38-32)19-30(28)36(22-10-2-1-3-11-22)29-15-8-14-25-24-13-6-7-16-31(24)37-34(25)29/h1-20H. The van der Waals surface area contributed by atoms with Crippen molar-refractivity contribution < 1.29 is 0 Å². The number of rotatable bonds is 3. The summed E-state index contributed by atoms with van der Waals surface area (Å²) in [5, 5.41) is 8.37. The van der Waals surface area contributed by atoms with Crippen molar-refractivity contribution in [3.63, 3.8) is 0 Å². The van der Waals surface area contributed by atoms with Gasteiger partial charge in [0.1, 0.15) is 0 Å². The molecular formula is C34H20ClNS2. The number of halogens is 1. The van der Waals surface area contributed by atoms with Crippen LogP contribution in [0, 0.1) is 0 Å². The van der Waals surface area contributed by atoms with Crippen LogP contribution in [0.1, 0.15) is 0 Å². The molecule has 0 fully saturated rings. The Balaban J connectivity index is 1.44. The fraction of sp³-hybridized carbons (Fsp3) is 0. The number of hydrogen-bond acceptors (Lipinski definition) is 3. The van der Waals surface area contributed by atoms with Gasteiger partial charge in [-0.25, -0.2) is 0 Å². The highest BCUT2D eigenvalue weighted by molar-refractivity contribution is 7.27. The minimum atomic E-state index is 0.746. The zero-order chi connectivity index (χ0) is 25.2. The second-order valence-electron chi connectivity index (χ2n) is 9.49. The van der Waals surface area contributed by atoms with Gasteiger partial charge in [-0.05, 0) is 47.2 Å². The zero-order valence-electron chi connectivity index (χ0n) is 20.2. The van der Waals surface area contributed by atoms with E-state index in [-0.39, 0.29) is 0 Å². The summed E-state index contributed by atoms with van der Waals surface area (Å²) in [6.07, 6.45) is 0. The van der Waals surface area contributed by atoms with E-state index >= 15 is 0 Å². The monoisotopic (exact) mass is 541 g/mol. The summed E-state index contributed by atoms with van der Waals surface area (Å²) in [5.41, 5.74) is 3.22. The lowest BCUT2D eigenvalue weighted by atomic mass is 10.1. The van der Waals surface area contributed by atoms with Gasteiger partial charge in [-0.1, -0.05) is 96.5 Å². The van der Waals surface area contributed by atoms with Gasteiger partial charge < -0.3 is 4.90 Å². The highest BCUT2D eigenvalue weighted by Gasteiger charge is 2.21. The predicted molar refractivity (Wildman–Crippen MR) is 169 cm³/mol. The van der Waals surface area contributed by atoms with Gasteiger partial charge in [-0.2, -0.15) is 0 Å². The van der Waals surface area contributed by atoms with Crippen LogP contribution in [0.5, 0.6) is 0 Å². The van der Waals surface area contributed by atoms with Crippen molar-refractivity contribution in [1.82, 2.24) is 0 Å². The molecular weight excluding hydrogens is 522 g/mol. The van der Waals surface area contributed by atoms with E-state index in [9.17, 15) is 0 Å². The van der Waals surface area contributed by atoms with E-state index in [0.29, 0.717) is 0 Å². The van der Waals surface area contributed by atoms with Crippen LogP contribution in [0.15, 0.2) is 121 Å². The summed E-state index contributed by atoms with van der Waals surface area (Å²) in [7, 11) is 0. The first-order chi connectivity index (χ1) is 18.8. The Morgan fingerprint density at radius 1 is 0.474 bits per heavy atom. The van der Waals surface area contributed by atoms with Gasteiger partial charge in [-0.3, -0.25) is 0 Å². The molecule has 0 atom stereocenters. The summed E-state index contributed by atoms with van der Waals surface area (Å²) < 4.78 is 5.07. The van der Waals surface area contributed by atoms with Gasteiger partial charge in [0, 0.05) is 41.3 Å². The lowest BCUT2D eigenvalue weighted by Gasteiger charge is -2.27. The predicted octanol–water partition coefficient (Wildman–Crippen LogP) is 11.7. The van der Waals surface area contributed by atoms with Gasteiger partial charge in [-0.15, -0.1) is 22.7 Å².